The van der Waals surface area contributed by atoms with Crippen molar-refractivity contribution in [3.8, 4) is 5.69 Å². The Balaban J connectivity index is 1.36. The molecule has 0 radical (unpaired) electrons. The number of halogens is 1. The van der Waals surface area contributed by atoms with Crippen molar-refractivity contribution in [3.63, 3.8) is 0 Å². The number of benzene rings is 2. The van der Waals surface area contributed by atoms with Crippen molar-refractivity contribution in [2.24, 2.45) is 5.92 Å². The van der Waals surface area contributed by atoms with Gasteiger partial charge in [-0.3, -0.25) is 4.79 Å². The number of hydrogen-bond donors (Lipinski definition) is 2. The topological polar surface area (TPSA) is 51.4 Å². The summed E-state index contributed by atoms with van der Waals surface area (Å²) in [6.07, 6.45) is 1.77. The zero-order valence-electron chi connectivity index (χ0n) is 16.6. The highest BCUT2D eigenvalue weighted by Crippen LogP contribution is 2.23. The molecule has 29 heavy (non-hydrogen) atoms. The quantitative estimate of drug-likeness (QED) is 0.679. The van der Waals surface area contributed by atoms with Crippen LogP contribution in [0.4, 0.5) is 5.69 Å². The predicted octanol–water partition coefficient (Wildman–Crippen LogP) is 3.27. The van der Waals surface area contributed by atoms with E-state index in [1.165, 1.54) is 4.90 Å². The molecule has 2 aromatic carbocycles. The number of anilines is 1. The van der Waals surface area contributed by atoms with Gasteiger partial charge in [0.15, 0.2) is 0 Å². The lowest BCUT2D eigenvalue weighted by molar-refractivity contribution is -0.919. The highest BCUT2D eigenvalue weighted by molar-refractivity contribution is 6.30. The molecule has 1 saturated heterocycles. The van der Waals surface area contributed by atoms with Crippen LogP contribution in [-0.4, -0.2) is 28.8 Å². The average molecular weight is 410 g/mol. The van der Waals surface area contributed by atoms with Crippen molar-refractivity contribution >= 4 is 23.2 Å². The van der Waals surface area contributed by atoms with Crippen molar-refractivity contribution < 1.29 is 9.69 Å². The van der Waals surface area contributed by atoms with Gasteiger partial charge in [0, 0.05) is 24.4 Å². The molecule has 1 aromatic heterocycles. The summed E-state index contributed by atoms with van der Waals surface area (Å²) in [5, 5.41) is 8.36. The number of aryl methyl sites for hydroxylation is 1. The maximum Gasteiger partial charge on any atom is 0.227 e. The smallest absolute Gasteiger partial charge is 0.227 e. The fraction of sp³-hybridized carbons (Fsp3) is 0.304. The normalized spacial score (nSPS) is 19.1. The van der Waals surface area contributed by atoms with Gasteiger partial charge < -0.3 is 10.2 Å². The van der Waals surface area contributed by atoms with Crippen LogP contribution < -0.4 is 10.2 Å². The zero-order valence-corrected chi connectivity index (χ0v) is 17.3. The molecule has 2 heterocycles. The molecule has 1 amide bonds. The SMILES string of the molecule is Cc1nn(-c2ccccc2)c(Cl)c1C[NH+]1CCC(C(=O)Nc2ccccc2)CC1. The molecular formula is C23H26ClN4O+. The number of nitrogens with zero attached hydrogens (tertiary/aromatic N) is 2. The number of rotatable bonds is 5. The summed E-state index contributed by atoms with van der Waals surface area (Å²) in [7, 11) is 0. The van der Waals surface area contributed by atoms with Gasteiger partial charge in [0.1, 0.15) is 11.7 Å². The molecule has 0 aliphatic carbocycles. The molecule has 5 nitrogen and oxygen atoms in total. The molecule has 150 valence electrons. The van der Waals surface area contributed by atoms with Crippen LogP contribution in [0.5, 0.6) is 0 Å². The Morgan fingerprint density at radius 2 is 1.72 bits per heavy atom. The molecule has 0 spiro atoms. The number of amides is 1. The summed E-state index contributed by atoms with van der Waals surface area (Å²) in [5.41, 5.74) is 3.90. The van der Waals surface area contributed by atoms with Crippen LogP contribution in [-0.2, 0) is 11.3 Å². The van der Waals surface area contributed by atoms with E-state index in [2.05, 4.69) is 10.4 Å². The molecule has 1 aliphatic rings. The minimum absolute atomic E-state index is 0.0718. The first-order valence-corrected chi connectivity index (χ1v) is 10.5. The predicted molar refractivity (Wildman–Crippen MR) is 116 cm³/mol. The molecular weight excluding hydrogens is 384 g/mol. The second-order valence-electron chi connectivity index (χ2n) is 7.66. The van der Waals surface area contributed by atoms with E-state index in [0.717, 1.165) is 55.1 Å². The highest BCUT2D eigenvalue weighted by atomic mass is 35.5. The summed E-state index contributed by atoms with van der Waals surface area (Å²) in [6.45, 7) is 4.77. The lowest BCUT2D eigenvalue weighted by Crippen LogP contribution is -3.11. The first kappa shape index (κ1) is 19.7. The van der Waals surface area contributed by atoms with Gasteiger partial charge in [-0.05, 0) is 31.2 Å². The molecule has 6 heteroatoms. The third-order valence-corrected chi connectivity index (χ3v) is 6.04. The molecule has 1 aliphatic heterocycles. The third kappa shape index (κ3) is 4.52. The minimum Gasteiger partial charge on any atom is -0.331 e. The molecule has 0 atom stereocenters. The minimum atomic E-state index is 0.0718. The molecule has 4 rings (SSSR count). The summed E-state index contributed by atoms with van der Waals surface area (Å²) >= 11 is 6.68. The monoisotopic (exact) mass is 409 g/mol. The van der Waals surface area contributed by atoms with Gasteiger partial charge >= 0.3 is 0 Å². The Kier molecular flexibility index (Phi) is 5.97. The van der Waals surface area contributed by atoms with Gasteiger partial charge in [0.05, 0.1) is 30.0 Å². The molecule has 0 unspecified atom stereocenters. The van der Waals surface area contributed by atoms with Gasteiger partial charge in [0.2, 0.25) is 5.91 Å². The van der Waals surface area contributed by atoms with E-state index in [9.17, 15) is 4.79 Å². The highest BCUT2D eigenvalue weighted by Gasteiger charge is 2.29. The van der Waals surface area contributed by atoms with E-state index < -0.39 is 0 Å². The third-order valence-electron chi connectivity index (χ3n) is 5.65. The van der Waals surface area contributed by atoms with Gasteiger partial charge in [-0.15, -0.1) is 0 Å². The molecule has 1 fully saturated rings. The summed E-state index contributed by atoms with van der Waals surface area (Å²) in [6, 6.07) is 19.6. The number of likely N-dealkylation sites (tertiary alicyclic amines) is 1. The Labute approximate surface area is 176 Å². The zero-order chi connectivity index (χ0) is 20.2. The number of carbonyl (C=O) groups is 1. The van der Waals surface area contributed by atoms with Crippen LogP contribution in [0.3, 0.4) is 0 Å². The van der Waals surface area contributed by atoms with Gasteiger partial charge in [0.25, 0.3) is 0 Å². The number of para-hydroxylation sites is 2. The number of hydrogen-bond acceptors (Lipinski definition) is 2. The fourth-order valence-corrected chi connectivity index (χ4v) is 4.29. The Morgan fingerprint density at radius 3 is 2.38 bits per heavy atom. The van der Waals surface area contributed by atoms with Crippen molar-refractivity contribution in [3.05, 3.63) is 77.1 Å². The number of piperidine rings is 1. The maximum atomic E-state index is 12.5. The van der Waals surface area contributed by atoms with Gasteiger partial charge in [-0.1, -0.05) is 48.0 Å². The van der Waals surface area contributed by atoms with Crippen LogP contribution in [0, 0.1) is 12.8 Å². The number of aromatic nitrogens is 2. The summed E-state index contributed by atoms with van der Waals surface area (Å²) < 4.78 is 1.81. The fourth-order valence-electron chi connectivity index (χ4n) is 3.95. The summed E-state index contributed by atoms with van der Waals surface area (Å²) in [5.74, 6) is 0.198. The first-order valence-electron chi connectivity index (χ1n) is 10.1. The van der Waals surface area contributed by atoms with E-state index in [0.29, 0.717) is 5.15 Å². The van der Waals surface area contributed by atoms with Crippen LogP contribution in [0.1, 0.15) is 24.1 Å². The number of quaternary nitrogens is 1. The molecule has 3 aromatic rings. The van der Waals surface area contributed by atoms with Crippen LogP contribution in [0.15, 0.2) is 60.7 Å². The van der Waals surface area contributed by atoms with Gasteiger partial charge in [-0.25, -0.2) is 4.68 Å². The molecule has 0 bridgehead atoms. The Morgan fingerprint density at radius 1 is 1.10 bits per heavy atom. The standard InChI is InChI=1S/C23H25ClN4O/c1-17-21(22(24)28(26-17)20-10-6-3-7-11-20)16-27-14-12-18(13-15-27)23(29)25-19-8-4-2-5-9-19/h2-11,18H,12-16H2,1H3,(H,25,29)/p+1. The second kappa shape index (κ2) is 8.80. The Hall–Kier alpha value is -2.63. The largest absolute Gasteiger partial charge is 0.331 e. The second-order valence-corrected chi connectivity index (χ2v) is 8.02. The van der Waals surface area contributed by atoms with Crippen LogP contribution in [0.2, 0.25) is 5.15 Å². The lowest BCUT2D eigenvalue weighted by Gasteiger charge is -2.28. The lowest BCUT2D eigenvalue weighted by atomic mass is 9.95. The van der Waals surface area contributed by atoms with E-state index >= 15 is 0 Å². The van der Waals surface area contributed by atoms with Crippen LogP contribution in [0.25, 0.3) is 5.69 Å². The van der Waals surface area contributed by atoms with Crippen molar-refractivity contribution in [2.75, 3.05) is 18.4 Å². The van der Waals surface area contributed by atoms with Crippen molar-refractivity contribution in [1.29, 1.82) is 0 Å². The number of carbonyl (C=O) groups excluding carboxylic acids is 1. The van der Waals surface area contributed by atoms with Crippen LogP contribution >= 0.6 is 11.6 Å². The maximum absolute atomic E-state index is 12.5. The van der Waals surface area contributed by atoms with E-state index in [1.807, 2.05) is 72.3 Å². The van der Waals surface area contributed by atoms with Gasteiger partial charge in [-0.2, -0.15) is 5.10 Å². The first-order chi connectivity index (χ1) is 14.1. The van der Waals surface area contributed by atoms with E-state index in [-0.39, 0.29) is 11.8 Å². The van der Waals surface area contributed by atoms with Crippen molar-refractivity contribution in [1.82, 2.24) is 9.78 Å². The molecule has 2 N–H and O–H groups in total. The molecule has 0 saturated carbocycles. The summed E-state index contributed by atoms with van der Waals surface area (Å²) in [4.78, 5) is 14.0. The van der Waals surface area contributed by atoms with Crippen molar-refractivity contribution in [2.45, 2.75) is 26.3 Å². The number of nitrogens with one attached hydrogen (secondary N) is 2. The average Bonchev–Trinajstić information content (AvgIpc) is 3.04. The van der Waals surface area contributed by atoms with E-state index in [1.54, 1.807) is 0 Å². The van der Waals surface area contributed by atoms with E-state index in [4.69, 9.17) is 11.6 Å². The Bertz CT molecular complexity index is 963.